The first-order chi connectivity index (χ1) is 12.1. The average Bonchev–Trinajstić information content (AvgIpc) is 3.12. The van der Waals surface area contributed by atoms with Gasteiger partial charge in [-0.05, 0) is 19.1 Å². The van der Waals surface area contributed by atoms with Gasteiger partial charge in [0, 0.05) is 41.8 Å². The molecule has 5 nitrogen and oxygen atoms in total. The number of hydrogen-bond acceptors (Lipinski definition) is 5. The Balaban J connectivity index is 1.77. The fourth-order valence-electron chi connectivity index (χ4n) is 3.26. The van der Waals surface area contributed by atoms with Crippen molar-refractivity contribution in [1.29, 1.82) is 0 Å². The molecule has 1 amide bonds. The number of morpholine rings is 1. The van der Waals surface area contributed by atoms with Crippen LogP contribution >= 0.6 is 23.4 Å². The van der Waals surface area contributed by atoms with Gasteiger partial charge in [0.1, 0.15) is 5.82 Å². The molecular formula is C17H23ClFN3O2S. The topological polar surface area (TPSA) is 53.6 Å². The minimum absolute atomic E-state index is 0.0521. The summed E-state index contributed by atoms with van der Waals surface area (Å²) in [5.41, 5.74) is 0.437. The van der Waals surface area contributed by atoms with Crippen molar-refractivity contribution in [3.63, 3.8) is 0 Å². The molecule has 2 unspecified atom stereocenters. The Morgan fingerprint density at radius 2 is 2.44 bits per heavy atom. The van der Waals surface area contributed by atoms with E-state index in [2.05, 4.69) is 15.5 Å². The monoisotopic (exact) mass is 387 g/mol. The summed E-state index contributed by atoms with van der Waals surface area (Å²) in [7, 11) is 0. The molecule has 2 aliphatic heterocycles. The molecule has 0 saturated carbocycles. The van der Waals surface area contributed by atoms with Crippen LogP contribution in [0.5, 0.6) is 0 Å². The van der Waals surface area contributed by atoms with Crippen molar-refractivity contribution in [3.05, 3.63) is 34.6 Å². The van der Waals surface area contributed by atoms with Crippen molar-refractivity contribution < 1.29 is 13.9 Å². The zero-order chi connectivity index (χ0) is 17.8. The maximum absolute atomic E-state index is 14.5. The quantitative estimate of drug-likeness (QED) is 0.809. The Kier molecular flexibility index (Phi) is 6.57. The molecule has 2 fully saturated rings. The zero-order valence-corrected chi connectivity index (χ0v) is 15.7. The Morgan fingerprint density at radius 1 is 1.60 bits per heavy atom. The fourth-order valence-corrected chi connectivity index (χ4v) is 4.49. The SMILES string of the molecule is CC1CN(C(CNC(=O)[C@H]2CSCN2)c2c(F)cccc2Cl)CCO1. The highest BCUT2D eigenvalue weighted by molar-refractivity contribution is 7.99. The van der Waals surface area contributed by atoms with Crippen molar-refractivity contribution in [3.8, 4) is 0 Å². The van der Waals surface area contributed by atoms with E-state index in [1.165, 1.54) is 6.07 Å². The molecule has 0 radical (unpaired) electrons. The Hall–Kier alpha value is -0.860. The molecule has 8 heteroatoms. The van der Waals surface area contributed by atoms with Crippen LogP contribution in [0.15, 0.2) is 18.2 Å². The molecule has 2 aliphatic rings. The number of halogens is 2. The van der Waals surface area contributed by atoms with Crippen LogP contribution in [-0.2, 0) is 9.53 Å². The number of thioether (sulfide) groups is 1. The molecule has 0 aliphatic carbocycles. The Bertz CT molecular complexity index is 595. The molecule has 2 N–H and O–H groups in total. The maximum atomic E-state index is 14.5. The summed E-state index contributed by atoms with van der Waals surface area (Å²) >= 11 is 7.99. The molecule has 25 heavy (non-hydrogen) atoms. The Morgan fingerprint density at radius 3 is 3.12 bits per heavy atom. The highest BCUT2D eigenvalue weighted by Crippen LogP contribution is 2.31. The first-order valence-electron chi connectivity index (χ1n) is 8.44. The van der Waals surface area contributed by atoms with Crippen molar-refractivity contribution in [2.24, 2.45) is 0 Å². The summed E-state index contributed by atoms with van der Waals surface area (Å²) < 4.78 is 20.1. The highest BCUT2D eigenvalue weighted by atomic mass is 35.5. The van der Waals surface area contributed by atoms with Crippen LogP contribution in [0.4, 0.5) is 4.39 Å². The predicted octanol–water partition coefficient (Wildman–Crippen LogP) is 2.02. The summed E-state index contributed by atoms with van der Waals surface area (Å²) in [6.07, 6.45) is 0.0606. The standard InChI is InChI=1S/C17H23ClFN3O2S/c1-11-8-22(5-6-24-11)15(16-12(18)3-2-4-13(16)19)7-20-17(23)14-9-25-10-21-14/h2-4,11,14-15,21H,5-10H2,1H3,(H,20,23)/t11?,14-,15?/m1/s1. The number of carbonyl (C=O) groups excluding carboxylic acids is 1. The first kappa shape index (κ1) is 18.9. The lowest BCUT2D eigenvalue weighted by atomic mass is 10.0. The number of amides is 1. The average molecular weight is 388 g/mol. The molecular weight excluding hydrogens is 365 g/mol. The van der Waals surface area contributed by atoms with Gasteiger partial charge in [0.25, 0.3) is 0 Å². The van der Waals surface area contributed by atoms with Crippen LogP contribution in [-0.4, -0.2) is 60.8 Å². The van der Waals surface area contributed by atoms with Gasteiger partial charge in [0.2, 0.25) is 5.91 Å². The molecule has 0 aromatic heterocycles. The second-order valence-electron chi connectivity index (χ2n) is 6.34. The minimum atomic E-state index is -0.347. The van der Waals surface area contributed by atoms with Crippen molar-refractivity contribution >= 4 is 29.3 Å². The van der Waals surface area contributed by atoms with Gasteiger partial charge in [-0.15, -0.1) is 11.8 Å². The van der Waals surface area contributed by atoms with E-state index in [0.29, 0.717) is 36.8 Å². The van der Waals surface area contributed by atoms with Gasteiger partial charge in [0.05, 0.1) is 24.8 Å². The second kappa shape index (κ2) is 8.68. The van der Waals surface area contributed by atoms with Crippen molar-refractivity contribution in [2.75, 3.05) is 37.9 Å². The Labute approximate surface area is 156 Å². The summed E-state index contributed by atoms with van der Waals surface area (Å²) in [4.78, 5) is 14.5. The van der Waals surface area contributed by atoms with E-state index >= 15 is 0 Å². The van der Waals surface area contributed by atoms with Crippen molar-refractivity contribution in [1.82, 2.24) is 15.5 Å². The van der Waals surface area contributed by atoms with Gasteiger partial charge in [-0.25, -0.2) is 4.39 Å². The number of nitrogens with zero attached hydrogens (tertiary/aromatic N) is 1. The second-order valence-corrected chi connectivity index (χ2v) is 7.78. The van der Waals surface area contributed by atoms with E-state index in [1.807, 2.05) is 6.92 Å². The van der Waals surface area contributed by atoms with E-state index in [9.17, 15) is 9.18 Å². The molecule has 0 bridgehead atoms. The van der Waals surface area contributed by atoms with E-state index in [4.69, 9.17) is 16.3 Å². The number of carbonyl (C=O) groups is 1. The number of ether oxygens (including phenoxy) is 1. The summed E-state index contributed by atoms with van der Waals surface area (Å²) in [5.74, 6) is 1.14. The summed E-state index contributed by atoms with van der Waals surface area (Å²) in [5, 5.41) is 6.50. The lowest BCUT2D eigenvalue weighted by Crippen LogP contribution is -2.49. The molecule has 2 heterocycles. The molecule has 1 aromatic carbocycles. The summed E-state index contributed by atoms with van der Waals surface area (Å²) in [6, 6.07) is 4.19. The fraction of sp³-hybridized carbons (Fsp3) is 0.588. The van der Waals surface area contributed by atoms with Gasteiger partial charge < -0.3 is 10.1 Å². The number of nitrogens with one attached hydrogen (secondary N) is 2. The van der Waals surface area contributed by atoms with Crippen LogP contribution in [0, 0.1) is 5.82 Å². The van der Waals surface area contributed by atoms with E-state index in [-0.39, 0.29) is 29.9 Å². The minimum Gasteiger partial charge on any atom is -0.376 e. The number of hydrogen-bond donors (Lipinski definition) is 2. The van der Waals surface area contributed by atoms with Crippen LogP contribution < -0.4 is 10.6 Å². The van der Waals surface area contributed by atoms with E-state index < -0.39 is 0 Å². The van der Waals surface area contributed by atoms with E-state index in [1.54, 1.807) is 23.9 Å². The van der Waals surface area contributed by atoms with Crippen LogP contribution in [0.2, 0.25) is 5.02 Å². The number of rotatable bonds is 5. The molecule has 138 valence electrons. The van der Waals surface area contributed by atoms with Gasteiger partial charge in [-0.3, -0.25) is 15.0 Å². The molecule has 3 rings (SSSR count). The molecule has 1 aromatic rings. The first-order valence-corrected chi connectivity index (χ1v) is 9.98. The predicted molar refractivity (Wildman–Crippen MR) is 98.4 cm³/mol. The molecule has 0 spiro atoms. The highest BCUT2D eigenvalue weighted by Gasteiger charge is 2.30. The lowest BCUT2D eigenvalue weighted by Gasteiger charge is -2.38. The third-order valence-corrected chi connectivity index (χ3v) is 5.82. The normalized spacial score (nSPS) is 25.7. The lowest BCUT2D eigenvalue weighted by molar-refractivity contribution is -0.122. The van der Waals surface area contributed by atoms with Crippen LogP contribution in [0.1, 0.15) is 18.5 Å². The van der Waals surface area contributed by atoms with Gasteiger partial charge >= 0.3 is 0 Å². The number of benzene rings is 1. The van der Waals surface area contributed by atoms with Crippen LogP contribution in [0.3, 0.4) is 0 Å². The maximum Gasteiger partial charge on any atom is 0.238 e. The zero-order valence-electron chi connectivity index (χ0n) is 14.1. The van der Waals surface area contributed by atoms with Crippen molar-refractivity contribution in [2.45, 2.75) is 25.1 Å². The third kappa shape index (κ3) is 4.65. The summed E-state index contributed by atoms with van der Waals surface area (Å²) in [6.45, 7) is 4.23. The van der Waals surface area contributed by atoms with Gasteiger partial charge in [0.15, 0.2) is 0 Å². The molecule has 3 atom stereocenters. The van der Waals surface area contributed by atoms with Crippen LogP contribution in [0.25, 0.3) is 0 Å². The van der Waals surface area contributed by atoms with Gasteiger partial charge in [-0.2, -0.15) is 0 Å². The van der Waals surface area contributed by atoms with Gasteiger partial charge in [-0.1, -0.05) is 17.7 Å². The molecule has 2 saturated heterocycles. The third-order valence-electron chi connectivity index (χ3n) is 4.55. The smallest absolute Gasteiger partial charge is 0.238 e. The largest absolute Gasteiger partial charge is 0.376 e. The van der Waals surface area contributed by atoms with E-state index in [0.717, 1.165) is 11.6 Å².